The van der Waals surface area contributed by atoms with Gasteiger partial charge in [0.1, 0.15) is 6.04 Å². The molecule has 0 spiro atoms. The fourth-order valence-electron chi connectivity index (χ4n) is 6.82. The normalized spacial score (nSPS) is 21.5. The molecule has 1 heterocycles. The molecule has 0 radical (unpaired) electrons. The summed E-state index contributed by atoms with van der Waals surface area (Å²) < 4.78 is 0. The van der Waals surface area contributed by atoms with Gasteiger partial charge in [0, 0.05) is 30.7 Å². The molecule has 8 heteroatoms. The van der Waals surface area contributed by atoms with Crippen LogP contribution < -0.4 is 21.3 Å². The molecule has 0 aromatic heterocycles. The Bertz CT molecular complexity index is 1220. The van der Waals surface area contributed by atoms with Gasteiger partial charge in [-0.3, -0.25) is 9.59 Å². The molecule has 3 rings (SSSR count). The van der Waals surface area contributed by atoms with Crippen LogP contribution in [0, 0.1) is 23.2 Å². The zero-order valence-corrected chi connectivity index (χ0v) is 28.6. The van der Waals surface area contributed by atoms with Crippen molar-refractivity contribution < 1.29 is 14.4 Å². The van der Waals surface area contributed by atoms with Gasteiger partial charge in [-0.05, 0) is 48.0 Å². The molecule has 1 aliphatic heterocycles. The van der Waals surface area contributed by atoms with Crippen LogP contribution in [0.1, 0.15) is 85.6 Å². The van der Waals surface area contributed by atoms with Gasteiger partial charge in [0.15, 0.2) is 5.78 Å². The number of fused-ring (bicyclic) bond motifs is 1. The number of rotatable bonds is 17. The molecule has 8 nitrogen and oxygen atoms in total. The SMILES string of the molecule is C=CCNC(=C)C(=O)C(CCC)NC(=O)C1[C@H]2C[C@H]2CN1C(=C)C(NC(=O)NC(C(C)C)C(CC)c1ccccc1)C(C)(C)C. The van der Waals surface area contributed by atoms with Gasteiger partial charge in [0.05, 0.1) is 17.8 Å². The number of urea groups is 1. The first-order chi connectivity index (χ1) is 21.2. The first-order valence-corrected chi connectivity index (χ1v) is 16.7. The van der Waals surface area contributed by atoms with Crippen LogP contribution >= 0.6 is 0 Å². The molecule has 1 aromatic carbocycles. The minimum Gasteiger partial charge on any atom is -0.379 e. The van der Waals surface area contributed by atoms with E-state index in [0.717, 1.165) is 25.0 Å². The molecule has 7 atom stereocenters. The Morgan fingerprint density at radius 2 is 1.71 bits per heavy atom. The number of piperidine rings is 1. The molecule has 2 fully saturated rings. The number of carbonyl (C=O) groups is 3. The van der Waals surface area contributed by atoms with E-state index in [4.69, 9.17) is 0 Å². The summed E-state index contributed by atoms with van der Waals surface area (Å²) in [6, 6.07) is 8.52. The van der Waals surface area contributed by atoms with Gasteiger partial charge >= 0.3 is 6.03 Å². The van der Waals surface area contributed by atoms with Crippen molar-refractivity contribution in [3.8, 4) is 0 Å². The molecule has 248 valence electrons. The van der Waals surface area contributed by atoms with Gasteiger partial charge in [-0.2, -0.15) is 0 Å². The van der Waals surface area contributed by atoms with Crippen molar-refractivity contribution in [2.75, 3.05) is 13.1 Å². The van der Waals surface area contributed by atoms with E-state index in [-0.39, 0.29) is 52.6 Å². The molecule has 1 aromatic rings. The number of likely N-dealkylation sites (tertiary alicyclic amines) is 1. The van der Waals surface area contributed by atoms with E-state index in [1.807, 2.05) is 25.1 Å². The van der Waals surface area contributed by atoms with Crippen LogP contribution in [-0.2, 0) is 9.59 Å². The maximum absolute atomic E-state index is 13.9. The number of hydrogen-bond acceptors (Lipinski definition) is 5. The van der Waals surface area contributed by atoms with Crippen LogP contribution in [0.2, 0.25) is 0 Å². The Balaban J connectivity index is 1.77. The van der Waals surface area contributed by atoms with Crippen molar-refractivity contribution in [2.45, 2.75) is 104 Å². The molecule has 1 saturated heterocycles. The summed E-state index contributed by atoms with van der Waals surface area (Å²) in [6.07, 6.45) is 4.80. The number of nitrogens with one attached hydrogen (secondary N) is 4. The number of nitrogens with zero attached hydrogens (tertiary/aromatic N) is 1. The predicted octanol–water partition coefficient (Wildman–Crippen LogP) is 5.90. The molecule has 3 amide bonds. The van der Waals surface area contributed by atoms with Crippen molar-refractivity contribution >= 4 is 17.7 Å². The van der Waals surface area contributed by atoms with Crippen molar-refractivity contribution in [3.63, 3.8) is 0 Å². The van der Waals surface area contributed by atoms with Crippen molar-refractivity contribution in [1.82, 2.24) is 26.2 Å². The molecule has 5 unspecified atom stereocenters. The summed E-state index contributed by atoms with van der Waals surface area (Å²) in [7, 11) is 0. The van der Waals surface area contributed by atoms with Crippen LogP contribution in [0.4, 0.5) is 4.79 Å². The number of carbonyl (C=O) groups excluding carboxylic acids is 3. The number of benzene rings is 1. The summed E-state index contributed by atoms with van der Waals surface area (Å²) in [5.41, 5.74) is 1.83. The van der Waals surface area contributed by atoms with Gasteiger partial charge in [-0.25, -0.2) is 4.79 Å². The third kappa shape index (κ3) is 9.01. The quantitative estimate of drug-likeness (QED) is 0.129. The fourth-order valence-corrected chi connectivity index (χ4v) is 6.82. The van der Waals surface area contributed by atoms with Crippen LogP contribution in [-0.4, -0.2) is 59.9 Å². The minimum atomic E-state index is -0.661. The molecule has 45 heavy (non-hydrogen) atoms. The van der Waals surface area contributed by atoms with Crippen molar-refractivity contribution in [2.24, 2.45) is 23.2 Å². The first kappa shape index (κ1) is 35.9. The average molecular weight is 620 g/mol. The Morgan fingerprint density at radius 3 is 2.27 bits per heavy atom. The summed E-state index contributed by atoms with van der Waals surface area (Å²) in [4.78, 5) is 42.8. The fraction of sp³-hybridized carbons (Fsp3) is 0.595. The summed E-state index contributed by atoms with van der Waals surface area (Å²) >= 11 is 0. The highest BCUT2D eigenvalue weighted by atomic mass is 16.2. The van der Waals surface area contributed by atoms with Crippen LogP contribution in [0.15, 0.2) is 67.5 Å². The van der Waals surface area contributed by atoms with Crippen molar-refractivity contribution in [1.29, 1.82) is 0 Å². The Morgan fingerprint density at radius 1 is 1.04 bits per heavy atom. The second-order valence-electron chi connectivity index (χ2n) is 14.2. The van der Waals surface area contributed by atoms with Gasteiger partial charge in [0.25, 0.3) is 0 Å². The predicted molar refractivity (Wildman–Crippen MR) is 183 cm³/mol. The Hall–Kier alpha value is -3.55. The zero-order valence-electron chi connectivity index (χ0n) is 28.6. The van der Waals surface area contributed by atoms with E-state index < -0.39 is 18.1 Å². The van der Waals surface area contributed by atoms with E-state index in [1.54, 1.807) is 6.08 Å². The third-order valence-electron chi connectivity index (χ3n) is 9.35. The zero-order chi connectivity index (χ0) is 33.5. The molecule has 0 bridgehead atoms. The maximum atomic E-state index is 13.9. The Kier molecular flexibility index (Phi) is 12.5. The van der Waals surface area contributed by atoms with E-state index in [0.29, 0.717) is 25.4 Å². The van der Waals surface area contributed by atoms with E-state index in [2.05, 4.69) is 99.6 Å². The smallest absolute Gasteiger partial charge is 0.315 e. The first-order valence-electron chi connectivity index (χ1n) is 16.7. The highest BCUT2D eigenvalue weighted by Crippen LogP contribution is 2.51. The standard InChI is InChI=1S/C37H57N5O3/c1-11-17-30(33(43)24(6)38-20-12-2)39-35(44)32-29-21-27(29)22-42(32)25(7)34(37(8,9)10)41-36(45)40-31(23(4)5)28(13-3)26-18-15-14-16-19-26/h12,14-16,18-19,23,27-32,34,38H,2,6-7,11,13,17,20-22H2,1,3-5,8-10H3,(H,39,44)(H2,40,41,45)/t27-,28?,29-,30?,31?,32?,34?/m0/s1. The lowest BCUT2D eigenvalue weighted by atomic mass is 9.83. The van der Waals surface area contributed by atoms with Crippen LogP contribution in [0.5, 0.6) is 0 Å². The monoisotopic (exact) mass is 619 g/mol. The number of Topliss-reactive ketones (excluding diaryl/α,β-unsaturated/α-hetero) is 1. The lowest BCUT2D eigenvalue weighted by Gasteiger charge is -2.41. The lowest BCUT2D eigenvalue weighted by molar-refractivity contribution is -0.129. The molecular weight excluding hydrogens is 562 g/mol. The van der Waals surface area contributed by atoms with Gasteiger partial charge in [-0.15, -0.1) is 6.58 Å². The van der Waals surface area contributed by atoms with Gasteiger partial charge < -0.3 is 26.2 Å². The molecule has 1 aliphatic carbocycles. The van der Waals surface area contributed by atoms with Crippen LogP contribution in [0.25, 0.3) is 0 Å². The molecular formula is C37H57N5O3. The highest BCUT2D eigenvalue weighted by molar-refractivity contribution is 6.01. The largest absolute Gasteiger partial charge is 0.379 e. The van der Waals surface area contributed by atoms with E-state index in [1.165, 1.54) is 5.56 Å². The number of amides is 3. The van der Waals surface area contributed by atoms with Crippen molar-refractivity contribution in [3.05, 3.63) is 73.1 Å². The highest BCUT2D eigenvalue weighted by Gasteiger charge is 2.57. The van der Waals surface area contributed by atoms with E-state index in [9.17, 15) is 14.4 Å². The lowest BCUT2D eigenvalue weighted by Crippen LogP contribution is -2.57. The summed E-state index contributed by atoms with van der Waals surface area (Å²) in [6.45, 7) is 27.8. The summed E-state index contributed by atoms with van der Waals surface area (Å²) in [5.74, 6) is 0.617. The van der Waals surface area contributed by atoms with Gasteiger partial charge in [-0.1, -0.05) is 104 Å². The Labute approximate surface area is 271 Å². The second-order valence-corrected chi connectivity index (χ2v) is 14.2. The van der Waals surface area contributed by atoms with Gasteiger partial charge in [0.2, 0.25) is 5.91 Å². The van der Waals surface area contributed by atoms with E-state index >= 15 is 0 Å². The van der Waals surface area contributed by atoms with Crippen LogP contribution in [0.3, 0.4) is 0 Å². The molecule has 1 saturated carbocycles. The summed E-state index contributed by atoms with van der Waals surface area (Å²) in [5, 5.41) is 12.6. The second kappa shape index (κ2) is 15.6. The number of hydrogen-bond donors (Lipinski definition) is 4. The molecule has 2 aliphatic rings. The third-order valence-corrected chi connectivity index (χ3v) is 9.35. The molecule has 4 N–H and O–H groups in total. The topological polar surface area (TPSA) is 103 Å². The average Bonchev–Trinajstić information content (AvgIpc) is 3.65. The number of ketones is 1. The maximum Gasteiger partial charge on any atom is 0.315 e. The minimum absolute atomic E-state index is 0.0620.